The number of ether oxygens (including phenoxy) is 2. The van der Waals surface area contributed by atoms with Gasteiger partial charge in [0.05, 0.1) is 24.1 Å². The summed E-state index contributed by atoms with van der Waals surface area (Å²) in [5.41, 5.74) is 3.87. The third-order valence-electron chi connectivity index (χ3n) is 5.78. The molecule has 5 aromatic rings. The first-order chi connectivity index (χ1) is 20.3. The van der Waals surface area contributed by atoms with Gasteiger partial charge in [-0.1, -0.05) is 29.3 Å². The van der Waals surface area contributed by atoms with Gasteiger partial charge in [0.25, 0.3) is 11.8 Å². The van der Waals surface area contributed by atoms with Gasteiger partial charge in [-0.05, 0) is 79.2 Å². The van der Waals surface area contributed by atoms with E-state index in [9.17, 15) is 14.4 Å². The van der Waals surface area contributed by atoms with Crippen LogP contribution < -0.4 is 20.2 Å². The molecule has 2 amide bonds. The Bertz CT molecular complexity index is 1800. The van der Waals surface area contributed by atoms with Gasteiger partial charge in [-0.15, -0.1) is 11.3 Å². The topological polar surface area (TPSA) is 119 Å². The molecular weight excluding hydrogens is 601 g/mol. The zero-order chi connectivity index (χ0) is 29.6. The van der Waals surface area contributed by atoms with Gasteiger partial charge in [-0.25, -0.2) is 10.2 Å². The van der Waals surface area contributed by atoms with Crippen LogP contribution in [-0.2, 0) is 0 Å². The number of thiophene rings is 1. The summed E-state index contributed by atoms with van der Waals surface area (Å²) in [6.07, 6.45) is 2.80. The minimum atomic E-state index is -0.658. The van der Waals surface area contributed by atoms with Crippen molar-refractivity contribution in [2.75, 3.05) is 11.9 Å². The Labute approximate surface area is 253 Å². The number of halogens is 2. The SMILES string of the molecule is CCOc1cc(/C=N\NC(=O)c2ccc(NC(=O)c3sc4cc(Cl)ccc4c3Cl)cc2)ccc1OC(=O)c1ccco1. The van der Waals surface area contributed by atoms with Crippen LogP contribution in [0.3, 0.4) is 0 Å². The Hall–Kier alpha value is -4.64. The minimum absolute atomic E-state index is 0.0625. The van der Waals surface area contributed by atoms with E-state index >= 15 is 0 Å². The van der Waals surface area contributed by atoms with Gasteiger partial charge in [-0.2, -0.15) is 5.10 Å². The number of hydrogen-bond acceptors (Lipinski definition) is 8. The van der Waals surface area contributed by atoms with Crippen LogP contribution in [0.15, 0.2) is 88.6 Å². The fraction of sp³-hybridized carbons (Fsp3) is 0.0667. The Morgan fingerprint density at radius 1 is 0.976 bits per heavy atom. The molecule has 42 heavy (non-hydrogen) atoms. The molecule has 0 radical (unpaired) electrons. The lowest BCUT2D eigenvalue weighted by Gasteiger charge is -2.10. The van der Waals surface area contributed by atoms with Crippen LogP contribution in [0.25, 0.3) is 10.1 Å². The summed E-state index contributed by atoms with van der Waals surface area (Å²) < 4.78 is 16.8. The number of anilines is 1. The molecule has 12 heteroatoms. The fourth-order valence-corrected chi connectivity index (χ4v) is 5.50. The van der Waals surface area contributed by atoms with Crippen molar-refractivity contribution in [3.63, 3.8) is 0 Å². The minimum Gasteiger partial charge on any atom is -0.490 e. The van der Waals surface area contributed by atoms with Crippen molar-refractivity contribution >= 4 is 74.3 Å². The molecule has 0 saturated heterocycles. The van der Waals surface area contributed by atoms with E-state index in [1.165, 1.54) is 29.9 Å². The molecule has 212 valence electrons. The van der Waals surface area contributed by atoms with Crippen LogP contribution in [0.1, 0.15) is 43.1 Å². The van der Waals surface area contributed by atoms with Crippen molar-refractivity contribution < 1.29 is 28.3 Å². The highest BCUT2D eigenvalue weighted by molar-refractivity contribution is 7.21. The zero-order valence-electron chi connectivity index (χ0n) is 21.9. The number of furan rings is 1. The average Bonchev–Trinajstić information content (AvgIpc) is 3.63. The number of benzene rings is 3. The van der Waals surface area contributed by atoms with Gasteiger partial charge in [0, 0.05) is 26.4 Å². The van der Waals surface area contributed by atoms with Gasteiger partial charge < -0.3 is 19.2 Å². The zero-order valence-corrected chi connectivity index (χ0v) is 24.2. The first kappa shape index (κ1) is 28.9. The normalized spacial score (nSPS) is 11.0. The third-order valence-corrected chi connectivity index (χ3v) is 7.67. The second kappa shape index (κ2) is 12.9. The third kappa shape index (κ3) is 6.63. The molecule has 0 aliphatic rings. The van der Waals surface area contributed by atoms with Gasteiger partial charge in [-0.3, -0.25) is 9.59 Å². The monoisotopic (exact) mass is 621 g/mol. The van der Waals surface area contributed by atoms with E-state index in [0.29, 0.717) is 44.1 Å². The summed E-state index contributed by atoms with van der Waals surface area (Å²) in [6, 6.07) is 19.5. The summed E-state index contributed by atoms with van der Waals surface area (Å²) >= 11 is 13.7. The van der Waals surface area contributed by atoms with E-state index in [2.05, 4.69) is 15.8 Å². The lowest BCUT2D eigenvalue weighted by Crippen LogP contribution is -2.17. The van der Waals surface area contributed by atoms with Crippen LogP contribution in [0, 0.1) is 0 Å². The van der Waals surface area contributed by atoms with Crippen LogP contribution in [-0.4, -0.2) is 30.6 Å². The van der Waals surface area contributed by atoms with E-state index < -0.39 is 11.9 Å². The van der Waals surface area contributed by atoms with E-state index in [1.54, 1.807) is 73.7 Å². The summed E-state index contributed by atoms with van der Waals surface area (Å²) in [7, 11) is 0. The number of carbonyl (C=O) groups is 3. The van der Waals surface area contributed by atoms with Gasteiger partial charge in [0.1, 0.15) is 4.88 Å². The maximum Gasteiger partial charge on any atom is 0.379 e. The Kier molecular flexibility index (Phi) is 8.87. The molecule has 9 nitrogen and oxygen atoms in total. The van der Waals surface area contributed by atoms with Gasteiger partial charge >= 0.3 is 5.97 Å². The molecule has 0 atom stereocenters. The second-order valence-electron chi connectivity index (χ2n) is 8.62. The summed E-state index contributed by atoms with van der Waals surface area (Å²) in [6.45, 7) is 2.14. The van der Waals surface area contributed by atoms with Crippen molar-refractivity contribution in [1.29, 1.82) is 0 Å². The molecule has 0 aliphatic carbocycles. The number of hydrazone groups is 1. The lowest BCUT2D eigenvalue weighted by atomic mass is 10.2. The molecule has 0 aliphatic heterocycles. The number of nitrogens with zero attached hydrogens (tertiary/aromatic N) is 1. The summed E-state index contributed by atoms with van der Waals surface area (Å²) in [5, 5.41) is 8.46. The smallest absolute Gasteiger partial charge is 0.379 e. The molecule has 0 bridgehead atoms. The Morgan fingerprint density at radius 2 is 1.79 bits per heavy atom. The van der Waals surface area contributed by atoms with Crippen LogP contribution in [0.4, 0.5) is 5.69 Å². The standard InChI is InChI=1S/C30H21Cl2N3O6S/c1-2-39-24-14-17(5-12-22(24)41-30(38)23-4-3-13-40-23)16-33-35-28(36)18-6-9-20(10-7-18)34-29(37)27-26(32)21-11-8-19(31)15-25(21)42-27/h3-16H,2H2,1H3,(H,34,37)(H,35,36)/b33-16-. The van der Waals surface area contributed by atoms with Crippen molar-refractivity contribution in [3.8, 4) is 11.5 Å². The Balaban J connectivity index is 1.19. The number of carbonyl (C=O) groups excluding carboxylic acids is 3. The number of esters is 1. The molecule has 5 rings (SSSR count). The predicted octanol–water partition coefficient (Wildman–Crippen LogP) is 7.44. The van der Waals surface area contributed by atoms with Crippen molar-refractivity contribution in [2.24, 2.45) is 5.10 Å². The van der Waals surface area contributed by atoms with Gasteiger partial charge in [0.2, 0.25) is 5.76 Å². The van der Waals surface area contributed by atoms with Crippen LogP contribution in [0.2, 0.25) is 10.0 Å². The van der Waals surface area contributed by atoms with Crippen molar-refractivity contribution in [2.45, 2.75) is 6.92 Å². The summed E-state index contributed by atoms with van der Waals surface area (Å²) in [5.74, 6) is -0.881. The maximum absolute atomic E-state index is 12.8. The highest BCUT2D eigenvalue weighted by Crippen LogP contribution is 2.37. The van der Waals surface area contributed by atoms with Crippen LogP contribution >= 0.6 is 34.5 Å². The van der Waals surface area contributed by atoms with Gasteiger partial charge in [0.15, 0.2) is 11.5 Å². The van der Waals surface area contributed by atoms with Crippen molar-refractivity contribution in [1.82, 2.24) is 5.43 Å². The molecule has 0 unspecified atom stereocenters. The van der Waals surface area contributed by atoms with E-state index in [-0.39, 0.29) is 17.4 Å². The molecule has 2 aromatic heterocycles. The highest BCUT2D eigenvalue weighted by atomic mass is 35.5. The molecule has 2 N–H and O–H groups in total. The highest BCUT2D eigenvalue weighted by Gasteiger charge is 2.18. The number of rotatable bonds is 9. The Morgan fingerprint density at radius 3 is 2.52 bits per heavy atom. The largest absolute Gasteiger partial charge is 0.490 e. The van der Waals surface area contributed by atoms with E-state index in [1.807, 2.05) is 0 Å². The van der Waals surface area contributed by atoms with E-state index in [4.69, 9.17) is 37.1 Å². The lowest BCUT2D eigenvalue weighted by molar-refractivity contribution is 0.0694. The average molecular weight is 622 g/mol. The summed E-state index contributed by atoms with van der Waals surface area (Å²) in [4.78, 5) is 38.0. The first-order valence-corrected chi connectivity index (χ1v) is 14.0. The quantitative estimate of drug-likeness (QED) is 0.0764. The molecule has 0 fully saturated rings. The molecule has 0 spiro atoms. The molecule has 0 saturated carbocycles. The van der Waals surface area contributed by atoms with E-state index in [0.717, 1.165) is 10.1 Å². The fourth-order valence-electron chi connectivity index (χ4n) is 3.81. The maximum atomic E-state index is 12.8. The second-order valence-corrected chi connectivity index (χ2v) is 10.5. The number of hydrogen-bond donors (Lipinski definition) is 2. The van der Waals surface area contributed by atoms with Crippen molar-refractivity contribution in [3.05, 3.63) is 111 Å². The number of fused-ring (bicyclic) bond motifs is 1. The molecule has 3 aromatic carbocycles. The molecular formula is C30H21Cl2N3O6S. The predicted molar refractivity (Wildman–Crippen MR) is 163 cm³/mol. The number of nitrogens with one attached hydrogen (secondary N) is 2. The number of amides is 2. The van der Waals surface area contributed by atoms with Crippen LogP contribution in [0.5, 0.6) is 11.5 Å². The first-order valence-electron chi connectivity index (χ1n) is 12.5. The molecule has 2 heterocycles.